The number of nitrogens with one attached hydrogen (secondary N) is 3. The Balaban J connectivity index is 2.57. The molecule has 1 amide bonds. The van der Waals surface area contributed by atoms with Crippen LogP contribution in [0.3, 0.4) is 0 Å². The van der Waals surface area contributed by atoms with Gasteiger partial charge in [0.25, 0.3) is 0 Å². The van der Waals surface area contributed by atoms with Crippen molar-refractivity contribution in [2.24, 2.45) is 4.99 Å². The van der Waals surface area contributed by atoms with Crippen molar-refractivity contribution in [2.45, 2.75) is 52.3 Å². The number of rotatable bonds is 8. The van der Waals surface area contributed by atoms with Crippen molar-refractivity contribution in [1.82, 2.24) is 16.0 Å². The number of para-hydroxylation sites is 1. The minimum Gasteiger partial charge on any atom is -0.489 e. The fourth-order valence-corrected chi connectivity index (χ4v) is 2.27. The third-order valence-electron chi connectivity index (χ3n) is 3.54. The fraction of sp³-hybridized carbons (Fsp3) is 0.524. The van der Waals surface area contributed by atoms with Crippen LogP contribution >= 0.6 is 0 Å². The second-order valence-electron chi connectivity index (χ2n) is 8.00. The van der Waals surface area contributed by atoms with E-state index in [4.69, 9.17) is 9.47 Å². The summed E-state index contributed by atoms with van der Waals surface area (Å²) in [6.45, 7) is 14.5. The Morgan fingerprint density at radius 3 is 2.46 bits per heavy atom. The number of nitrogens with zero attached hydrogens (tertiary/aromatic N) is 1. The van der Waals surface area contributed by atoms with Gasteiger partial charge in [-0.15, -0.1) is 0 Å². The Morgan fingerprint density at radius 1 is 1.18 bits per heavy atom. The maximum atomic E-state index is 12.0. The monoisotopic (exact) mass is 390 g/mol. The Hall–Kier alpha value is -2.70. The summed E-state index contributed by atoms with van der Waals surface area (Å²) < 4.78 is 11.0. The highest BCUT2D eigenvalue weighted by Gasteiger charge is 2.24. The predicted molar refractivity (Wildman–Crippen MR) is 114 cm³/mol. The van der Waals surface area contributed by atoms with Gasteiger partial charge >= 0.3 is 6.09 Å². The first-order valence-corrected chi connectivity index (χ1v) is 9.33. The summed E-state index contributed by atoms with van der Waals surface area (Å²) in [5.41, 5.74) is -0.0459. The van der Waals surface area contributed by atoms with E-state index in [-0.39, 0.29) is 0 Å². The van der Waals surface area contributed by atoms with E-state index < -0.39 is 17.2 Å². The molecular weight excluding hydrogens is 356 g/mol. The molecule has 1 aromatic rings. The molecule has 0 atom stereocenters. The van der Waals surface area contributed by atoms with Crippen molar-refractivity contribution in [1.29, 1.82) is 0 Å². The second-order valence-corrected chi connectivity index (χ2v) is 8.00. The van der Waals surface area contributed by atoms with E-state index in [0.29, 0.717) is 25.7 Å². The van der Waals surface area contributed by atoms with Gasteiger partial charge in [0, 0.05) is 25.7 Å². The average Bonchev–Trinajstić information content (AvgIpc) is 2.58. The van der Waals surface area contributed by atoms with Gasteiger partial charge in [-0.2, -0.15) is 0 Å². The maximum Gasteiger partial charge on any atom is 0.408 e. The van der Waals surface area contributed by atoms with Gasteiger partial charge in [-0.1, -0.05) is 30.9 Å². The van der Waals surface area contributed by atoms with Crippen LogP contribution in [0.2, 0.25) is 0 Å². The average molecular weight is 391 g/mol. The normalized spacial score (nSPS) is 12.1. The maximum absolute atomic E-state index is 12.0. The van der Waals surface area contributed by atoms with Gasteiger partial charge in [0.05, 0.1) is 5.54 Å². The summed E-state index contributed by atoms with van der Waals surface area (Å²) in [5, 5.41) is 9.34. The van der Waals surface area contributed by atoms with Crippen molar-refractivity contribution >= 4 is 12.1 Å². The van der Waals surface area contributed by atoms with Crippen LogP contribution in [0.25, 0.3) is 0 Å². The SMILES string of the molecule is C=CCOc1ccccc1CNC(=NC)NCC(C)(C)NC(=O)OC(C)(C)C. The van der Waals surface area contributed by atoms with E-state index in [2.05, 4.69) is 27.5 Å². The molecular formula is C21H34N4O3. The number of ether oxygens (including phenoxy) is 2. The minimum absolute atomic E-state index is 0.449. The molecule has 0 saturated carbocycles. The molecule has 0 bridgehead atoms. The van der Waals surface area contributed by atoms with Crippen LogP contribution in [-0.4, -0.2) is 43.4 Å². The van der Waals surface area contributed by atoms with Crippen molar-refractivity contribution in [3.8, 4) is 5.75 Å². The Labute approximate surface area is 168 Å². The van der Waals surface area contributed by atoms with Crippen molar-refractivity contribution in [3.63, 3.8) is 0 Å². The Kier molecular flexibility index (Phi) is 8.82. The van der Waals surface area contributed by atoms with Gasteiger partial charge in [-0.25, -0.2) is 4.79 Å². The molecule has 7 nitrogen and oxygen atoms in total. The highest BCUT2D eigenvalue weighted by Crippen LogP contribution is 2.17. The van der Waals surface area contributed by atoms with E-state index in [0.717, 1.165) is 11.3 Å². The lowest BCUT2D eigenvalue weighted by atomic mass is 10.1. The number of amides is 1. The van der Waals surface area contributed by atoms with E-state index in [1.807, 2.05) is 58.9 Å². The number of alkyl carbamates (subject to hydrolysis) is 1. The third kappa shape index (κ3) is 9.30. The first kappa shape index (κ1) is 23.3. The van der Waals surface area contributed by atoms with Crippen molar-refractivity contribution < 1.29 is 14.3 Å². The van der Waals surface area contributed by atoms with Crippen LogP contribution in [0.5, 0.6) is 5.75 Å². The van der Waals surface area contributed by atoms with Crippen molar-refractivity contribution in [3.05, 3.63) is 42.5 Å². The molecule has 3 N–H and O–H groups in total. The van der Waals surface area contributed by atoms with Gasteiger partial charge in [0.2, 0.25) is 0 Å². The standard InChI is InChI=1S/C21H34N4O3/c1-8-13-27-17-12-10-9-11-16(17)14-23-18(22-7)24-15-21(5,6)25-19(26)28-20(2,3)4/h8-12H,1,13-15H2,2-7H3,(H,25,26)(H2,22,23,24). The number of aliphatic imine (C=N–C) groups is 1. The van der Waals surface area contributed by atoms with Gasteiger partial charge in [0.1, 0.15) is 18.0 Å². The molecule has 0 spiro atoms. The quantitative estimate of drug-likeness (QED) is 0.361. The molecule has 1 aromatic carbocycles. The second kappa shape index (κ2) is 10.6. The van der Waals surface area contributed by atoms with Crippen LogP contribution < -0.4 is 20.7 Å². The highest BCUT2D eigenvalue weighted by molar-refractivity contribution is 5.80. The molecule has 0 aliphatic heterocycles. The number of carbonyl (C=O) groups excluding carboxylic acids is 1. The van der Waals surface area contributed by atoms with E-state index >= 15 is 0 Å². The fourth-order valence-electron chi connectivity index (χ4n) is 2.27. The van der Waals surface area contributed by atoms with Crippen LogP contribution in [0.1, 0.15) is 40.2 Å². The molecule has 0 radical (unpaired) electrons. The lowest BCUT2D eigenvalue weighted by Gasteiger charge is -2.29. The predicted octanol–water partition coefficient (Wildman–Crippen LogP) is 3.22. The zero-order valence-electron chi connectivity index (χ0n) is 17.9. The number of hydrogen-bond donors (Lipinski definition) is 3. The smallest absolute Gasteiger partial charge is 0.408 e. The van der Waals surface area contributed by atoms with Gasteiger partial charge < -0.3 is 25.4 Å². The molecule has 0 aliphatic rings. The molecule has 28 heavy (non-hydrogen) atoms. The molecule has 0 aliphatic carbocycles. The largest absolute Gasteiger partial charge is 0.489 e. The Bertz CT molecular complexity index is 678. The number of benzene rings is 1. The van der Waals surface area contributed by atoms with Gasteiger partial charge in [-0.3, -0.25) is 4.99 Å². The minimum atomic E-state index is -0.535. The van der Waals surface area contributed by atoms with Crippen LogP contribution in [-0.2, 0) is 11.3 Å². The van der Waals surface area contributed by atoms with Gasteiger partial charge in [0.15, 0.2) is 5.96 Å². The molecule has 0 aromatic heterocycles. The highest BCUT2D eigenvalue weighted by atomic mass is 16.6. The number of hydrogen-bond acceptors (Lipinski definition) is 4. The van der Waals surface area contributed by atoms with Crippen LogP contribution in [0.15, 0.2) is 41.9 Å². The lowest BCUT2D eigenvalue weighted by Crippen LogP contribution is -2.54. The summed E-state index contributed by atoms with van der Waals surface area (Å²) in [5.74, 6) is 1.43. The van der Waals surface area contributed by atoms with Crippen LogP contribution in [0, 0.1) is 0 Å². The summed E-state index contributed by atoms with van der Waals surface area (Å²) in [4.78, 5) is 16.2. The lowest BCUT2D eigenvalue weighted by molar-refractivity contribution is 0.0474. The first-order valence-electron chi connectivity index (χ1n) is 9.33. The van der Waals surface area contributed by atoms with E-state index in [1.165, 1.54) is 0 Å². The molecule has 0 unspecified atom stereocenters. The topological polar surface area (TPSA) is 84.0 Å². The summed E-state index contributed by atoms with van der Waals surface area (Å²) in [6.07, 6.45) is 1.26. The molecule has 0 heterocycles. The van der Waals surface area contributed by atoms with E-state index in [1.54, 1.807) is 13.1 Å². The molecule has 7 heteroatoms. The third-order valence-corrected chi connectivity index (χ3v) is 3.54. The molecule has 0 saturated heterocycles. The van der Waals surface area contributed by atoms with Crippen molar-refractivity contribution in [2.75, 3.05) is 20.2 Å². The number of guanidine groups is 1. The van der Waals surface area contributed by atoms with Gasteiger partial charge in [-0.05, 0) is 40.7 Å². The summed E-state index contributed by atoms with van der Waals surface area (Å²) >= 11 is 0. The first-order chi connectivity index (χ1) is 13.1. The summed E-state index contributed by atoms with van der Waals surface area (Å²) in [6, 6.07) is 7.80. The van der Waals surface area contributed by atoms with Crippen LogP contribution in [0.4, 0.5) is 4.79 Å². The molecule has 156 valence electrons. The summed E-state index contributed by atoms with van der Waals surface area (Å²) in [7, 11) is 1.70. The zero-order valence-corrected chi connectivity index (χ0v) is 17.9. The zero-order chi connectivity index (χ0) is 21.2. The Morgan fingerprint density at radius 2 is 1.86 bits per heavy atom. The molecule has 1 rings (SSSR count). The number of carbonyl (C=O) groups is 1. The molecule has 0 fully saturated rings. The van der Waals surface area contributed by atoms with E-state index in [9.17, 15) is 4.79 Å².